The summed E-state index contributed by atoms with van der Waals surface area (Å²) in [5, 5.41) is 8.02. The van der Waals surface area contributed by atoms with Crippen molar-refractivity contribution in [3.8, 4) is 11.5 Å². The molecule has 1 atom stereocenters. The van der Waals surface area contributed by atoms with Crippen LogP contribution in [0.5, 0.6) is 11.5 Å². The van der Waals surface area contributed by atoms with Crippen molar-refractivity contribution in [2.45, 2.75) is 12.5 Å². The largest absolute Gasteiger partial charge is 0.457 e. The molecule has 1 heterocycles. The molecule has 1 aliphatic rings. The average molecular weight is 401 g/mol. The molecule has 3 N–H and O–H groups in total. The molecule has 0 aliphatic carbocycles. The highest BCUT2D eigenvalue weighted by molar-refractivity contribution is 6.11. The highest BCUT2D eigenvalue weighted by Crippen LogP contribution is 2.23. The Labute approximate surface area is 173 Å². The number of benzene rings is 3. The molecule has 150 valence electrons. The number of carbonyl (C=O) groups is 3. The third-order valence-corrected chi connectivity index (χ3v) is 4.56. The third kappa shape index (κ3) is 4.47. The van der Waals surface area contributed by atoms with E-state index >= 15 is 0 Å². The first kappa shape index (κ1) is 19.2. The summed E-state index contributed by atoms with van der Waals surface area (Å²) < 4.78 is 5.72. The molecular formula is C23H19N3O4. The van der Waals surface area contributed by atoms with Crippen molar-refractivity contribution >= 4 is 29.1 Å². The molecule has 7 nitrogen and oxygen atoms in total. The van der Waals surface area contributed by atoms with Crippen LogP contribution in [-0.4, -0.2) is 23.8 Å². The van der Waals surface area contributed by atoms with Crippen LogP contribution in [0, 0.1) is 0 Å². The summed E-state index contributed by atoms with van der Waals surface area (Å²) in [5.74, 6) is 0.120. The van der Waals surface area contributed by atoms with Gasteiger partial charge in [0.25, 0.3) is 5.91 Å². The third-order valence-electron chi connectivity index (χ3n) is 4.56. The van der Waals surface area contributed by atoms with Gasteiger partial charge in [0.05, 0.1) is 17.7 Å². The van der Waals surface area contributed by atoms with Gasteiger partial charge in [-0.15, -0.1) is 0 Å². The number of anilines is 2. The number of rotatable bonds is 5. The van der Waals surface area contributed by atoms with Crippen molar-refractivity contribution in [2.24, 2.45) is 0 Å². The molecule has 0 saturated heterocycles. The van der Waals surface area contributed by atoms with E-state index in [0.29, 0.717) is 28.4 Å². The normalized spacial score (nSPS) is 15.3. The summed E-state index contributed by atoms with van der Waals surface area (Å²) in [4.78, 5) is 37.2. The van der Waals surface area contributed by atoms with E-state index in [-0.39, 0.29) is 6.42 Å². The second-order valence-electron chi connectivity index (χ2n) is 6.75. The van der Waals surface area contributed by atoms with Gasteiger partial charge in [-0.2, -0.15) is 0 Å². The Kier molecular flexibility index (Phi) is 5.43. The molecule has 30 heavy (non-hydrogen) atoms. The summed E-state index contributed by atoms with van der Waals surface area (Å²) >= 11 is 0. The average Bonchev–Trinajstić information content (AvgIpc) is 2.86. The maximum Gasteiger partial charge on any atom is 0.254 e. The van der Waals surface area contributed by atoms with Crippen LogP contribution in [0.4, 0.5) is 11.4 Å². The van der Waals surface area contributed by atoms with E-state index in [4.69, 9.17) is 4.74 Å². The molecule has 3 amide bonds. The van der Waals surface area contributed by atoms with Crippen molar-refractivity contribution in [2.75, 3.05) is 10.6 Å². The molecule has 0 spiro atoms. The predicted molar refractivity (Wildman–Crippen MR) is 113 cm³/mol. The number of fused-ring (bicyclic) bond motifs is 1. The summed E-state index contributed by atoms with van der Waals surface area (Å²) in [6, 6.07) is 22.0. The standard InChI is InChI=1S/C23H19N3O4/c27-21(14-20-23(29)25-19-9-5-4-8-18(19)22(28)26-20)24-15-10-12-17(13-11-15)30-16-6-2-1-3-7-16/h1-13,20H,14H2,(H,24,27)(H,25,29)(H,26,28)/t20-/m1/s1. The molecule has 0 aromatic heterocycles. The van der Waals surface area contributed by atoms with E-state index in [0.717, 1.165) is 0 Å². The second kappa shape index (κ2) is 8.48. The van der Waals surface area contributed by atoms with Gasteiger partial charge >= 0.3 is 0 Å². The van der Waals surface area contributed by atoms with Crippen LogP contribution < -0.4 is 20.7 Å². The molecule has 0 fully saturated rings. The molecule has 1 aliphatic heterocycles. The van der Waals surface area contributed by atoms with Gasteiger partial charge in [0.2, 0.25) is 11.8 Å². The van der Waals surface area contributed by atoms with Crippen LogP contribution in [0.25, 0.3) is 0 Å². The summed E-state index contributed by atoms with van der Waals surface area (Å²) in [7, 11) is 0. The maximum absolute atomic E-state index is 12.4. The Morgan fingerprint density at radius 3 is 2.30 bits per heavy atom. The second-order valence-corrected chi connectivity index (χ2v) is 6.75. The minimum atomic E-state index is -0.967. The van der Waals surface area contributed by atoms with Crippen molar-refractivity contribution in [3.05, 3.63) is 84.4 Å². The SMILES string of the molecule is O=C(C[C@H]1NC(=O)c2ccccc2NC1=O)Nc1ccc(Oc2ccccc2)cc1. The van der Waals surface area contributed by atoms with Gasteiger partial charge in [0.15, 0.2) is 0 Å². The van der Waals surface area contributed by atoms with E-state index in [9.17, 15) is 14.4 Å². The quantitative estimate of drug-likeness (QED) is 0.609. The lowest BCUT2D eigenvalue weighted by Crippen LogP contribution is -2.43. The molecule has 4 rings (SSSR count). The van der Waals surface area contributed by atoms with Gasteiger partial charge in [0, 0.05) is 5.69 Å². The molecule has 3 aromatic carbocycles. The summed E-state index contributed by atoms with van der Waals surface area (Å²) in [6.45, 7) is 0. The molecule has 0 radical (unpaired) electrons. The maximum atomic E-state index is 12.4. The first-order valence-electron chi connectivity index (χ1n) is 9.42. The van der Waals surface area contributed by atoms with E-state index in [1.165, 1.54) is 0 Å². The van der Waals surface area contributed by atoms with Crippen molar-refractivity contribution in [1.82, 2.24) is 5.32 Å². The van der Waals surface area contributed by atoms with E-state index < -0.39 is 23.8 Å². The number of ether oxygens (including phenoxy) is 1. The van der Waals surface area contributed by atoms with Gasteiger partial charge in [-0.3, -0.25) is 14.4 Å². The first-order valence-corrected chi connectivity index (χ1v) is 9.42. The zero-order chi connectivity index (χ0) is 20.9. The number of hydrogen-bond acceptors (Lipinski definition) is 4. The van der Waals surface area contributed by atoms with Gasteiger partial charge in [0.1, 0.15) is 17.5 Å². The van der Waals surface area contributed by atoms with Crippen LogP contribution >= 0.6 is 0 Å². The fourth-order valence-corrected chi connectivity index (χ4v) is 3.08. The van der Waals surface area contributed by atoms with Crippen molar-refractivity contribution in [1.29, 1.82) is 0 Å². The van der Waals surface area contributed by atoms with Gasteiger partial charge in [-0.25, -0.2) is 0 Å². The monoisotopic (exact) mass is 401 g/mol. The lowest BCUT2D eigenvalue weighted by atomic mass is 10.1. The minimum Gasteiger partial charge on any atom is -0.457 e. The highest BCUT2D eigenvalue weighted by atomic mass is 16.5. The predicted octanol–water partition coefficient (Wildman–Crippen LogP) is 3.56. The Morgan fingerprint density at radius 2 is 1.53 bits per heavy atom. The van der Waals surface area contributed by atoms with Crippen LogP contribution in [0.3, 0.4) is 0 Å². The Bertz CT molecular complexity index is 1080. The summed E-state index contributed by atoms with van der Waals surface area (Å²) in [5.41, 5.74) is 1.35. The molecular weight excluding hydrogens is 382 g/mol. The zero-order valence-electron chi connectivity index (χ0n) is 15.9. The zero-order valence-corrected chi connectivity index (χ0v) is 15.9. The number of nitrogens with one attached hydrogen (secondary N) is 3. The van der Waals surface area contributed by atoms with Crippen molar-refractivity contribution in [3.63, 3.8) is 0 Å². The van der Waals surface area contributed by atoms with Gasteiger partial charge < -0.3 is 20.7 Å². The summed E-state index contributed by atoms with van der Waals surface area (Å²) in [6.07, 6.45) is -0.187. The smallest absolute Gasteiger partial charge is 0.254 e. The Morgan fingerprint density at radius 1 is 0.867 bits per heavy atom. The minimum absolute atomic E-state index is 0.187. The van der Waals surface area contributed by atoms with Gasteiger partial charge in [-0.05, 0) is 48.5 Å². The molecule has 0 unspecified atom stereocenters. The number of hydrogen-bond donors (Lipinski definition) is 3. The Hall–Kier alpha value is -4.13. The van der Waals surface area contributed by atoms with Crippen LogP contribution in [0.15, 0.2) is 78.9 Å². The van der Waals surface area contributed by atoms with Crippen LogP contribution in [-0.2, 0) is 9.59 Å². The lowest BCUT2D eigenvalue weighted by Gasteiger charge is -2.14. The number of amides is 3. The lowest BCUT2D eigenvalue weighted by molar-refractivity contribution is -0.122. The fraction of sp³-hybridized carbons (Fsp3) is 0.0870. The van der Waals surface area contributed by atoms with E-state index in [1.807, 2.05) is 30.3 Å². The molecule has 0 bridgehead atoms. The fourth-order valence-electron chi connectivity index (χ4n) is 3.08. The topological polar surface area (TPSA) is 96.5 Å². The number of para-hydroxylation sites is 2. The van der Waals surface area contributed by atoms with Crippen molar-refractivity contribution < 1.29 is 19.1 Å². The van der Waals surface area contributed by atoms with E-state index in [2.05, 4.69) is 16.0 Å². The van der Waals surface area contributed by atoms with Crippen LogP contribution in [0.2, 0.25) is 0 Å². The van der Waals surface area contributed by atoms with Crippen LogP contribution in [0.1, 0.15) is 16.8 Å². The first-order chi connectivity index (χ1) is 14.6. The van der Waals surface area contributed by atoms with E-state index in [1.54, 1.807) is 48.5 Å². The number of carbonyl (C=O) groups excluding carboxylic acids is 3. The highest BCUT2D eigenvalue weighted by Gasteiger charge is 2.29. The van der Waals surface area contributed by atoms with Gasteiger partial charge in [-0.1, -0.05) is 30.3 Å². The molecule has 7 heteroatoms. The molecule has 0 saturated carbocycles. The molecule has 3 aromatic rings. The Balaban J connectivity index is 1.36.